The van der Waals surface area contributed by atoms with Crippen molar-refractivity contribution < 1.29 is 9.53 Å². The van der Waals surface area contributed by atoms with E-state index in [2.05, 4.69) is 10.3 Å². The van der Waals surface area contributed by atoms with Gasteiger partial charge in [-0.05, 0) is 36.4 Å². The van der Waals surface area contributed by atoms with E-state index in [0.29, 0.717) is 28.4 Å². The number of pyridine rings is 1. The number of para-hydroxylation sites is 3. The van der Waals surface area contributed by atoms with Crippen LogP contribution in [0.2, 0.25) is 0 Å². The largest absolute Gasteiger partial charge is 0.455 e. The molecule has 2 aromatic heterocycles. The maximum absolute atomic E-state index is 12.7. The zero-order valence-electron chi connectivity index (χ0n) is 13.3. The molecule has 0 unspecified atom stereocenters. The molecule has 4 aromatic rings. The average molecular weight is 329 g/mol. The van der Waals surface area contributed by atoms with Crippen LogP contribution in [0.25, 0.3) is 5.65 Å². The molecule has 1 amide bonds. The van der Waals surface area contributed by atoms with Gasteiger partial charge in [-0.1, -0.05) is 30.3 Å². The second-order valence-corrected chi connectivity index (χ2v) is 5.45. The van der Waals surface area contributed by atoms with Crippen molar-refractivity contribution in [3.05, 3.63) is 90.9 Å². The topological polar surface area (TPSA) is 55.6 Å². The number of hydrogen-bond acceptors (Lipinski definition) is 3. The van der Waals surface area contributed by atoms with E-state index >= 15 is 0 Å². The highest BCUT2D eigenvalue weighted by molar-refractivity contribution is 6.08. The maximum atomic E-state index is 12.7. The molecule has 0 radical (unpaired) electrons. The molecule has 122 valence electrons. The number of nitrogens with one attached hydrogen (secondary N) is 1. The first-order valence-electron chi connectivity index (χ1n) is 7.86. The minimum Gasteiger partial charge on any atom is -0.455 e. The Hall–Kier alpha value is -3.60. The lowest BCUT2D eigenvalue weighted by Gasteiger charge is -2.12. The summed E-state index contributed by atoms with van der Waals surface area (Å²) in [7, 11) is 0. The van der Waals surface area contributed by atoms with Gasteiger partial charge in [0.15, 0.2) is 5.75 Å². The Morgan fingerprint density at radius 2 is 1.72 bits per heavy atom. The van der Waals surface area contributed by atoms with Crippen LogP contribution >= 0.6 is 0 Å². The number of anilines is 1. The molecule has 0 spiro atoms. The summed E-state index contributed by atoms with van der Waals surface area (Å²) >= 11 is 0. The predicted octanol–water partition coefficient (Wildman–Crippen LogP) is 4.38. The molecular weight excluding hydrogens is 314 g/mol. The Bertz CT molecular complexity index is 1030. The molecule has 0 aliphatic rings. The summed E-state index contributed by atoms with van der Waals surface area (Å²) in [6.07, 6.45) is 5.32. The van der Waals surface area contributed by atoms with Gasteiger partial charge in [-0.25, -0.2) is 4.98 Å². The van der Waals surface area contributed by atoms with Crippen LogP contribution in [0.1, 0.15) is 10.4 Å². The van der Waals surface area contributed by atoms with Crippen molar-refractivity contribution in [2.75, 3.05) is 5.32 Å². The van der Waals surface area contributed by atoms with Crippen molar-refractivity contribution in [3.63, 3.8) is 0 Å². The van der Waals surface area contributed by atoms with Gasteiger partial charge < -0.3 is 14.5 Å². The van der Waals surface area contributed by atoms with E-state index in [-0.39, 0.29) is 5.91 Å². The molecule has 5 heteroatoms. The number of benzene rings is 2. The predicted molar refractivity (Wildman–Crippen MR) is 96.1 cm³/mol. The van der Waals surface area contributed by atoms with E-state index in [1.165, 1.54) is 0 Å². The second kappa shape index (κ2) is 6.49. The quantitative estimate of drug-likeness (QED) is 0.604. The lowest BCUT2D eigenvalue weighted by Crippen LogP contribution is -2.14. The van der Waals surface area contributed by atoms with Crippen LogP contribution in [0, 0.1) is 0 Å². The zero-order chi connectivity index (χ0) is 17.1. The van der Waals surface area contributed by atoms with Gasteiger partial charge in [0.05, 0.1) is 11.3 Å². The molecule has 5 nitrogen and oxygen atoms in total. The zero-order valence-corrected chi connectivity index (χ0v) is 13.3. The van der Waals surface area contributed by atoms with Gasteiger partial charge in [-0.15, -0.1) is 0 Å². The lowest BCUT2D eigenvalue weighted by atomic mass is 10.2. The lowest BCUT2D eigenvalue weighted by molar-refractivity contribution is 0.102. The number of carbonyl (C=O) groups is 1. The fourth-order valence-electron chi connectivity index (χ4n) is 2.59. The molecule has 2 aromatic carbocycles. The van der Waals surface area contributed by atoms with Crippen molar-refractivity contribution in [2.24, 2.45) is 0 Å². The van der Waals surface area contributed by atoms with Crippen molar-refractivity contribution >= 4 is 17.2 Å². The van der Waals surface area contributed by atoms with E-state index < -0.39 is 0 Å². The van der Waals surface area contributed by atoms with Crippen LogP contribution in [-0.2, 0) is 0 Å². The van der Waals surface area contributed by atoms with Crippen LogP contribution in [0.15, 0.2) is 85.3 Å². The van der Waals surface area contributed by atoms with E-state index in [4.69, 9.17) is 4.74 Å². The highest BCUT2D eigenvalue weighted by Gasteiger charge is 2.14. The Morgan fingerprint density at radius 3 is 2.60 bits per heavy atom. The Labute approximate surface area is 144 Å². The Kier molecular flexibility index (Phi) is 3.88. The number of nitrogens with zero attached hydrogens (tertiary/aromatic N) is 2. The van der Waals surface area contributed by atoms with Gasteiger partial charge in [-0.2, -0.15) is 0 Å². The summed E-state index contributed by atoms with van der Waals surface area (Å²) in [5, 5.41) is 2.91. The molecule has 0 atom stereocenters. The first-order chi connectivity index (χ1) is 12.3. The van der Waals surface area contributed by atoms with E-state index in [1.54, 1.807) is 22.9 Å². The highest BCUT2D eigenvalue weighted by Crippen LogP contribution is 2.29. The summed E-state index contributed by atoms with van der Waals surface area (Å²) < 4.78 is 7.69. The van der Waals surface area contributed by atoms with Gasteiger partial charge in [0.1, 0.15) is 11.4 Å². The summed E-state index contributed by atoms with van der Waals surface area (Å²) in [6, 6.07) is 20.4. The van der Waals surface area contributed by atoms with E-state index in [1.807, 2.05) is 66.9 Å². The third kappa shape index (κ3) is 3.07. The summed E-state index contributed by atoms with van der Waals surface area (Å²) in [4.78, 5) is 17.0. The monoisotopic (exact) mass is 329 g/mol. The summed E-state index contributed by atoms with van der Waals surface area (Å²) in [6.45, 7) is 0. The van der Waals surface area contributed by atoms with Crippen LogP contribution in [0.4, 0.5) is 5.69 Å². The van der Waals surface area contributed by atoms with Gasteiger partial charge in [0, 0.05) is 18.6 Å². The standard InChI is InChI=1S/C20H15N3O2/c24-20(16-9-6-13-23-14-12-21-19(16)23)22-17-10-4-5-11-18(17)25-15-7-2-1-3-8-15/h1-14H,(H,22,24). The fourth-order valence-corrected chi connectivity index (χ4v) is 2.59. The first-order valence-corrected chi connectivity index (χ1v) is 7.86. The summed E-state index contributed by atoms with van der Waals surface area (Å²) in [5.74, 6) is 1.05. The molecule has 0 saturated carbocycles. The number of rotatable bonds is 4. The Morgan fingerprint density at radius 1 is 0.920 bits per heavy atom. The molecule has 0 aliphatic carbocycles. The molecule has 0 saturated heterocycles. The van der Waals surface area contributed by atoms with Crippen molar-refractivity contribution in [2.45, 2.75) is 0 Å². The number of fused-ring (bicyclic) bond motifs is 1. The van der Waals surface area contributed by atoms with Gasteiger partial charge >= 0.3 is 0 Å². The van der Waals surface area contributed by atoms with E-state index in [0.717, 1.165) is 0 Å². The van der Waals surface area contributed by atoms with Gasteiger partial charge in [0.25, 0.3) is 5.91 Å². The van der Waals surface area contributed by atoms with Crippen molar-refractivity contribution in [1.82, 2.24) is 9.38 Å². The normalized spacial score (nSPS) is 10.6. The second-order valence-electron chi connectivity index (χ2n) is 5.45. The third-order valence-corrected chi connectivity index (χ3v) is 3.77. The van der Waals surface area contributed by atoms with E-state index in [9.17, 15) is 4.79 Å². The van der Waals surface area contributed by atoms with Crippen LogP contribution in [0.3, 0.4) is 0 Å². The third-order valence-electron chi connectivity index (χ3n) is 3.77. The van der Waals surface area contributed by atoms with Crippen LogP contribution in [0.5, 0.6) is 11.5 Å². The van der Waals surface area contributed by atoms with Crippen molar-refractivity contribution in [1.29, 1.82) is 0 Å². The van der Waals surface area contributed by atoms with Crippen LogP contribution in [-0.4, -0.2) is 15.3 Å². The molecule has 0 aliphatic heterocycles. The number of aromatic nitrogens is 2. The fraction of sp³-hybridized carbons (Fsp3) is 0. The SMILES string of the molecule is O=C(Nc1ccccc1Oc1ccccc1)c1cccn2ccnc12. The average Bonchev–Trinajstić information content (AvgIpc) is 3.13. The van der Waals surface area contributed by atoms with Crippen molar-refractivity contribution in [3.8, 4) is 11.5 Å². The molecule has 2 heterocycles. The minimum absolute atomic E-state index is 0.235. The number of hydrogen-bond donors (Lipinski definition) is 1. The van der Waals surface area contributed by atoms with Gasteiger partial charge in [0.2, 0.25) is 0 Å². The number of imidazole rings is 1. The molecule has 0 fully saturated rings. The first kappa shape index (κ1) is 15.0. The van der Waals surface area contributed by atoms with Gasteiger partial charge in [-0.3, -0.25) is 4.79 Å². The molecule has 4 rings (SSSR count). The molecule has 0 bridgehead atoms. The minimum atomic E-state index is -0.235. The highest BCUT2D eigenvalue weighted by atomic mass is 16.5. The Balaban J connectivity index is 1.63. The molecule has 25 heavy (non-hydrogen) atoms. The number of amides is 1. The molecular formula is C20H15N3O2. The number of carbonyl (C=O) groups excluding carboxylic acids is 1. The summed E-state index contributed by atoms with van der Waals surface area (Å²) in [5.41, 5.74) is 1.72. The van der Waals surface area contributed by atoms with Crippen LogP contribution < -0.4 is 10.1 Å². The smallest absolute Gasteiger partial charge is 0.259 e. The number of ether oxygens (including phenoxy) is 1. The molecule has 1 N–H and O–H groups in total. The maximum Gasteiger partial charge on any atom is 0.259 e.